The number of oxime groups is 1. The third-order valence-electron chi connectivity index (χ3n) is 7.01. The Hall–Kier alpha value is -3.71. The molecule has 35 heavy (non-hydrogen) atoms. The summed E-state index contributed by atoms with van der Waals surface area (Å²) in [5.74, 6) is -0.0585. The normalized spacial score (nSPS) is 19.0. The van der Waals surface area contributed by atoms with Crippen LogP contribution in [0.3, 0.4) is 0 Å². The van der Waals surface area contributed by atoms with Crippen molar-refractivity contribution in [3.8, 4) is 0 Å². The van der Waals surface area contributed by atoms with Crippen LogP contribution in [-0.2, 0) is 11.4 Å². The van der Waals surface area contributed by atoms with Crippen LogP contribution < -0.4 is 11.1 Å². The van der Waals surface area contributed by atoms with Gasteiger partial charge in [-0.3, -0.25) is 4.79 Å². The first-order valence-corrected chi connectivity index (χ1v) is 11.8. The van der Waals surface area contributed by atoms with Crippen LogP contribution in [0.15, 0.2) is 59.8 Å². The lowest BCUT2D eigenvalue weighted by molar-refractivity contribution is 0.0950. The highest BCUT2D eigenvalue weighted by Crippen LogP contribution is 2.46. The smallest absolute Gasteiger partial charge is 0.251 e. The van der Waals surface area contributed by atoms with Gasteiger partial charge < -0.3 is 21.0 Å². The number of halogens is 1. The number of aliphatic hydroxyl groups excluding tert-OH is 1. The van der Waals surface area contributed by atoms with Crippen LogP contribution in [0.25, 0.3) is 0 Å². The summed E-state index contributed by atoms with van der Waals surface area (Å²) in [4.78, 5) is 17.5. The molecule has 0 radical (unpaired) electrons. The van der Waals surface area contributed by atoms with E-state index in [0.29, 0.717) is 22.6 Å². The Morgan fingerprint density at radius 3 is 2.43 bits per heavy atom. The molecule has 0 heterocycles. The molecule has 0 aromatic heterocycles. The van der Waals surface area contributed by atoms with Crippen LogP contribution >= 0.6 is 0 Å². The molecule has 1 saturated carbocycles. The molecular weight excluding hydrogens is 445 g/mol. The van der Waals surface area contributed by atoms with Gasteiger partial charge in [-0.25, -0.2) is 4.39 Å². The average molecular weight is 474 g/mol. The molecule has 0 saturated heterocycles. The van der Waals surface area contributed by atoms with Crippen molar-refractivity contribution in [1.29, 1.82) is 0 Å². The number of carbonyl (C=O) groups is 1. The summed E-state index contributed by atoms with van der Waals surface area (Å²) < 4.78 is 14.5. The first kappa shape index (κ1) is 23.1. The maximum absolute atomic E-state index is 14.5. The number of nitrogens with one attached hydrogen (secondary N) is 1. The van der Waals surface area contributed by atoms with Gasteiger partial charge in [-0.15, -0.1) is 0 Å². The number of hydrogen-bond donors (Lipinski definition) is 3. The van der Waals surface area contributed by atoms with Crippen molar-refractivity contribution in [2.75, 3.05) is 7.11 Å². The van der Waals surface area contributed by atoms with Gasteiger partial charge in [0.25, 0.3) is 5.91 Å². The lowest BCUT2D eigenvalue weighted by Crippen LogP contribution is -2.25. The van der Waals surface area contributed by atoms with Gasteiger partial charge in [0.15, 0.2) is 5.84 Å². The second-order valence-corrected chi connectivity index (χ2v) is 9.28. The van der Waals surface area contributed by atoms with E-state index in [1.807, 2.05) is 18.2 Å². The van der Waals surface area contributed by atoms with Crippen molar-refractivity contribution >= 4 is 11.7 Å². The summed E-state index contributed by atoms with van der Waals surface area (Å²) in [5, 5.41) is 17.4. The topological polar surface area (TPSA) is 96.9 Å². The highest BCUT2D eigenvalue weighted by atomic mass is 19.1. The lowest BCUT2D eigenvalue weighted by Gasteiger charge is -2.30. The van der Waals surface area contributed by atoms with Gasteiger partial charge in [-0.1, -0.05) is 48.5 Å². The van der Waals surface area contributed by atoms with Gasteiger partial charge in [0.05, 0.1) is 0 Å². The second kappa shape index (κ2) is 9.15. The maximum atomic E-state index is 14.5. The molecule has 2 aliphatic rings. The second-order valence-electron chi connectivity index (χ2n) is 9.28. The molecule has 5 rings (SSSR count). The third kappa shape index (κ3) is 4.39. The van der Waals surface area contributed by atoms with Crippen molar-refractivity contribution < 1.29 is 19.1 Å². The van der Waals surface area contributed by atoms with E-state index in [1.165, 1.54) is 31.6 Å². The van der Waals surface area contributed by atoms with E-state index in [2.05, 4.69) is 34.4 Å². The van der Waals surface area contributed by atoms with Gasteiger partial charge in [0.2, 0.25) is 0 Å². The van der Waals surface area contributed by atoms with E-state index in [0.717, 1.165) is 22.3 Å². The van der Waals surface area contributed by atoms with E-state index in [9.17, 15) is 14.3 Å². The zero-order valence-electron chi connectivity index (χ0n) is 19.7. The number of benzene rings is 3. The van der Waals surface area contributed by atoms with Gasteiger partial charge in [-0.05, 0) is 64.8 Å². The van der Waals surface area contributed by atoms with E-state index in [4.69, 9.17) is 5.73 Å². The maximum Gasteiger partial charge on any atom is 0.251 e. The molecule has 0 spiro atoms. The molecule has 2 aliphatic carbocycles. The Balaban J connectivity index is 1.34. The predicted molar refractivity (Wildman–Crippen MR) is 132 cm³/mol. The van der Waals surface area contributed by atoms with Crippen molar-refractivity contribution in [2.24, 2.45) is 10.9 Å². The van der Waals surface area contributed by atoms with E-state index in [1.54, 1.807) is 18.2 Å². The quantitative estimate of drug-likeness (QED) is 0.280. The fourth-order valence-electron chi connectivity index (χ4n) is 4.84. The minimum Gasteiger partial charge on any atom is -0.397 e. The van der Waals surface area contributed by atoms with Crippen LogP contribution in [0.1, 0.15) is 87.0 Å². The standard InChI is InChI=1S/C28H28FN3O3/c1-15-23-11-17(16-3-4-16)7-9-21(23)26(33)22-10-8-19(12-24(15)22)28(34)31-14-20-6-5-18(13-25(20)29)27(30)32-35-2/h5-13,15-16,26,33H,3-4,14H2,1-2H3,(H2,30,32)(H,31,34)/t15-,26+/m1/s1. The summed E-state index contributed by atoms with van der Waals surface area (Å²) in [6, 6.07) is 16.2. The fourth-order valence-corrected chi connectivity index (χ4v) is 4.84. The number of amidine groups is 1. The number of nitrogens with two attached hydrogens (primary N) is 1. The molecule has 1 fully saturated rings. The average Bonchev–Trinajstić information content (AvgIpc) is 3.71. The Morgan fingerprint density at radius 2 is 1.74 bits per heavy atom. The van der Waals surface area contributed by atoms with E-state index in [-0.39, 0.29) is 24.2 Å². The third-order valence-corrected chi connectivity index (χ3v) is 7.01. The summed E-state index contributed by atoms with van der Waals surface area (Å²) in [7, 11) is 1.36. The fraction of sp³-hybridized carbons (Fsp3) is 0.286. The van der Waals surface area contributed by atoms with E-state index >= 15 is 0 Å². The molecule has 3 aromatic carbocycles. The SMILES string of the molecule is CON=C(N)c1ccc(CNC(=O)c2ccc3c(c2)[C@H](C)c2cc(C4CC4)ccc2[C@@H]3O)c(F)c1. The Morgan fingerprint density at radius 1 is 1.06 bits per heavy atom. The molecule has 1 amide bonds. The predicted octanol–water partition coefficient (Wildman–Crippen LogP) is 4.45. The molecule has 7 heteroatoms. The van der Waals surface area contributed by atoms with Crippen molar-refractivity contribution in [1.82, 2.24) is 5.32 Å². The van der Waals surface area contributed by atoms with Gasteiger partial charge in [0, 0.05) is 29.2 Å². The Bertz CT molecular complexity index is 1330. The molecule has 0 unspecified atom stereocenters. The van der Waals surface area contributed by atoms with Crippen LogP contribution in [0, 0.1) is 5.82 Å². The van der Waals surface area contributed by atoms with Crippen molar-refractivity contribution in [3.05, 3.63) is 105 Å². The molecule has 180 valence electrons. The number of carbonyl (C=O) groups excluding carboxylic acids is 1. The van der Waals surface area contributed by atoms with Crippen LogP contribution in [-0.4, -0.2) is 24.0 Å². The zero-order valence-corrected chi connectivity index (χ0v) is 19.7. The van der Waals surface area contributed by atoms with Gasteiger partial charge in [0.1, 0.15) is 19.0 Å². The Kier molecular flexibility index (Phi) is 6.03. The number of fused-ring (bicyclic) bond motifs is 2. The molecule has 4 N–H and O–H groups in total. The molecule has 0 bridgehead atoms. The van der Waals surface area contributed by atoms with Gasteiger partial charge in [-0.2, -0.15) is 0 Å². The highest BCUT2D eigenvalue weighted by molar-refractivity contribution is 5.97. The first-order valence-electron chi connectivity index (χ1n) is 11.8. The monoisotopic (exact) mass is 473 g/mol. The zero-order chi connectivity index (χ0) is 24.7. The summed E-state index contributed by atoms with van der Waals surface area (Å²) in [6.45, 7) is 2.13. The minimum atomic E-state index is -0.719. The summed E-state index contributed by atoms with van der Waals surface area (Å²) >= 11 is 0. The molecular formula is C28H28FN3O3. The number of rotatable bonds is 6. The number of amides is 1. The Labute approximate surface area is 203 Å². The van der Waals surface area contributed by atoms with E-state index < -0.39 is 11.9 Å². The molecule has 2 atom stereocenters. The first-order chi connectivity index (χ1) is 16.9. The van der Waals surface area contributed by atoms with Gasteiger partial charge >= 0.3 is 0 Å². The molecule has 0 aliphatic heterocycles. The minimum absolute atomic E-state index is 0.0229. The molecule has 6 nitrogen and oxygen atoms in total. The largest absolute Gasteiger partial charge is 0.397 e. The summed E-state index contributed by atoms with van der Waals surface area (Å²) in [5.41, 5.74) is 12.0. The van der Waals surface area contributed by atoms with Crippen LogP contribution in [0.4, 0.5) is 4.39 Å². The number of nitrogens with zero attached hydrogens (tertiary/aromatic N) is 1. The molecule has 3 aromatic rings. The number of aliphatic hydroxyl groups is 1. The lowest BCUT2D eigenvalue weighted by atomic mass is 9.76. The van der Waals surface area contributed by atoms with Crippen LogP contribution in [0.5, 0.6) is 0 Å². The van der Waals surface area contributed by atoms with Crippen molar-refractivity contribution in [2.45, 2.75) is 44.2 Å². The van der Waals surface area contributed by atoms with Crippen LogP contribution in [0.2, 0.25) is 0 Å². The highest BCUT2D eigenvalue weighted by Gasteiger charge is 2.31. The number of hydrogen-bond acceptors (Lipinski definition) is 4. The van der Waals surface area contributed by atoms with Crippen molar-refractivity contribution in [3.63, 3.8) is 0 Å². The summed E-state index contributed by atoms with van der Waals surface area (Å²) in [6.07, 6.45) is 1.71.